The van der Waals surface area contributed by atoms with Crippen molar-refractivity contribution >= 4 is 44.9 Å². The molecule has 0 amide bonds. The lowest BCUT2D eigenvalue weighted by Gasteiger charge is -2.36. The number of aromatic amines is 1. The molecule has 0 bridgehead atoms. The molecule has 4 heteroatoms. The van der Waals surface area contributed by atoms with Gasteiger partial charge in [-0.25, -0.2) is 0 Å². The van der Waals surface area contributed by atoms with Crippen molar-refractivity contribution in [2.24, 2.45) is 0 Å². The van der Waals surface area contributed by atoms with Crippen LogP contribution in [-0.4, -0.2) is 21.1 Å². The molecule has 1 aromatic carbocycles. The smallest absolute Gasteiger partial charge is 0.141 e. The molecule has 0 fully saturated rings. The van der Waals surface area contributed by atoms with Crippen molar-refractivity contribution in [3.63, 3.8) is 0 Å². The summed E-state index contributed by atoms with van der Waals surface area (Å²) < 4.78 is 0.896. The molecule has 1 heterocycles. The number of aromatic nitrogens is 1. The number of benzene rings is 1. The average molecular weight is 278 g/mol. The maximum absolute atomic E-state index is 5.51. The van der Waals surface area contributed by atoms with Gasteiger partial charge in [-0.2, -0.15) is 0 Å². The zero-order valence-electron chi connectivity index (χ0n) is 11.2. The second-order valence-corrected chi connectivity index (χ2v) is 6.64. The first-order chi connectivity index (χ1) is 8.45. The summed E-state index contributed by atoms with van der Waals surface area (Å²) in [6, 6.07) is 8.31. The van der Waals surface area contributed by atoms with Gasteiger partial charge < -0.3 is 9.88 Å². The van der Waals surface area contributed by atoms with Gasteiger partial charge in [0.15, 0.2) is 0 Å². The van der Waals surface area contributed by atoms with Crippen molar-refractivity contribution in [1.82, 2.24) is 4.98 Å². The van der Waals surface area contributed by atoms with E-state index in [-0.39, 0.29) is 5.54 Å². The minimum absolute atomic E-state index is 0.0366. The Morgan fingerprint density at radius 1 is 1.28 bits per heavy atom. The number of thiocarbonyl (C=S) groups is 1. The highest BCUT2D eigenvalue weighted by Crippen LogP contribution is 2.33. The number of thioether (sulfide) groups is 1. The molecule has 0 unspecified atom stereocenters. The molecule has 0 aliphatic heterocycles. The van der Waals surface area contributed by atoms with Crippen LogP contribution >= 0.6 is 24.0 Å². The van der Waals surface area contributed by atoms with E-state index in [1.54, 1.807) is 11.8 Å². The number of para-hydroxylation sites is 1. The van der Waals surface area contributed by atoms with Crippen LogP contribution in [0.1, 0.15) is 20.8 Å². The minimum atomic E-state index is -0.0366. The van der Waals surface area contributed by atoms with Gasteiger partial charge in [-0.3, -0.25) is 0 Å². The first-order valence-electron chi connectivity index (χ1n) is 5.89. The van der Waals surface area contributed by atoms with Crippen LogP contribution in [0.5, 0.6) is 0 Å². The molecule has 0 saturated heterocycles. The zero-order valence-corrected chi connectivity index (χ0v) is 12.8. The molecule has 2 nitrogen and oxygen atoms in total. The molecular weight excluding hydrogens is 260 g/mol. The maximum Gasteiger partial charge on any atom is 0.141 e. The second kappa shape index (κ2) is 4.94. The number of hydrogen-bond acceptors (Lipinski definition) is 2. The minimum Gasteiger partial charge on any atom is -0.359 e. The number of rotatable bonds is 1. The number of nitrogens with one attached hydrogen (secondary N) is 1. The third-order valence-corrected chi connectivity index (χ3v) is 4.05. The first kappa shape index (κ1) is 13.4. The molecule has 0 atom stereocenters. The normalized spacial score (nSPS) is 11.8. The van der Waals surface area contributed by atoms with Crippen molar-refractivity contribution < 1.29 is 0 Å². The summed E-state index contributed by atoms with van der Waals surface area (Å²) in [6.45, 7) is 6.53. The standard InChI is InChI=1S/C14H18N2S2/c1-14(2,3)16(13(17)18-4)12-9-15-11-8-6-5-7-10(11)12/h5-9,15H,1-4H3. The summed E-state index contributed by atoms with van der Waals surface area (Å²) in [7, 11) is 0. The molecule has 0 spiro atoms. The van der Waals surface area contributed by atoms with Crippen molar-refractivity contribution in [3.8, 4) is 0 Å². The number of H-pyrrole nitrogens is 1. The Hall–Kier alpha value is -1.00. The van der Waals surface area contributed by atoms with Crippen molar-refractivity contribution in [1.29, 1.82) is 0 Å². The van der Waals surface area contributed by atoms with Gasteiger partial charge in [-0.1, -0.05) is 42.2 Å². The Kier molecular flexibility index (Phi) is 3.69. The largest absolute Gasteiger partial charge is 0.359 e. The maximum atomic E-state index is 5.51. The monoisotopic (exact) mass is 278 g/mol. The predicted octanol–water partition coefficient (Wildman–Crippen LogP) is 4.42. The number of fused-ring (bicyclic) bond motifs is 1. The highest BCUT2D eigenvalue weighted by Gasteiger charge is 2.27. The molecule has 1 N–H and O–H groups in total. The van der Waals surface area contributed by atoms with Crippen LogP contribution in [0.2, 0.25) is 0 Å². The second-order valence-electron chi connectivity index (χ2n) is 5.20. The van der Waals surface area contributed by atoms with E-state index in [0.29, 0.717) is 0 Å². The van der Waals surface area contributed by atoms with E-state index in [0.717, 1.165) is 15.5 Å². The van der Waals surface area contributed by atoms with Crippen LogP contribution in [0.4, 0.5) is 5.69 Å². The Labute approximate surface area is 118 Å². The van der Waals surface area contributed by atoms with Crippen LogP contribution < -0.4 is 4.90 Å². The van der Waals surface area contributed by atoms with Gasteiger partial charge in [0.05, 0.1) is 5.69 Å². The molecule has 96 valence electrons. The van der Waals surface area contributed by atoms with Crippen molar-refractivity contribution in [2.45, 2.75) is 26.3 Å². The highest BCUT2D eigenvalue weighted by atomic mass is 32.2. The fourth-order valence-corrected chi connectivity index (χ4v) is 2.99. The van der Waals surface area contributed by atoms with Crippen molar-refractivity contribution in [3.05, 3.63) is 30.5 Å². The molecule has 0 saturated carbocycles. The average Bonchev–Trinajstić information content (AvgIpc) is 2.71. The fraction of sp³-hybridized carbons (Fsp3) is 0.357. The van der Waals surface area contributed by atoms with Gasteiger partial charge in [0, 0.05) is 22.6 Å². The van der Waals surface area contributed by atoms with E-state index in [4.69, 9.17) is 12.2 Å². The molecular formula is C14H18N2S2. The van der Waals surface area contributed by atoms with E-state index in [9.17, 15) is 0 Å². The van der Waals surface area contributed by atoms with Crippen LogP contribution in [0.25, 0.3) is 10.9 Å². The van der Waals surface area contributed by atoms with E-state index < -0.39 is 0 Å². The molecule has 18 heavy (non-hydrogen) atoms. The summed E-state index contributed by atoms with van der Waals surface area (Å²) in [5, 5.41) is 1.21. The fourth-order valence-electron chi connectivity index (χ4n) is 2.07. The van der Waals surface area contributed by atoms with Crippen LogP contribution in [0, 0.1) is 0 Å². The van der Waals surface area contributed by atoms with E-state index in [2.05, 4.69) is 48.9 Å². The summed E-state index contributed by atoms with van der Waals surface area (Å²) in [5.74, 6) is 0. The Balaban J connectivity index is 2.58. The van der Waals surface area contributed by atoms with Gasteiger partial charge in [0.2, 0.25) is 0 Å². The van der Waals surface area contributed by atoms with Gasteiger partial charge in [0.1, 0.15) is 4.32 Å². The summed E-state index contributed by atoms with van der Waals surface area (Å²) in [5.41, 5.74) is 2.26. The Morgan fingerprint density at radius 3 is 2.56 bits per heavy atom. The third-order valence-electron chi connectivity index (χ3n) is 2.84. The number of hydrogen-bond donors (Lipinski definition) is 1. The number of nitrogens with zero attached hydrogens (tertiary/aromatic N) is 1. The van der Waals surface area contributed by atoms with E-state index >= 15 is 0 Å². The lowest BCUT2D eigenvalue weighted by Crippen LogP contribution is -2.43. The highest BCUT2D eigenvalue weighted by molar-refractivity contribution is 8.22. The first-order valence-corrected chi connectivity index (χ1v) is 7.53. The summed E-state index contributed by atoms with van der Waals surface area (Å²) in [6.07, 6.45) is 4.06. The molecule has 2 rings (SSSR count). The third kappa shape index (κ3) is 2.40. The van der Waals surface area contributed by atoms with Gasteiger partial charge in [0.25, 0.3) is 0 Å². The van der Waals surface area contributed by atoms with Crippen LogP contribution in [-0.2, 0) is 0 Å². The lowest BCUT2D eigenvalue weighted by molar-refractivity contribution is 0.578. The van der Waals surface area contributed by atoms with Crippen molar-refractivity contribution in [2.75, 3.05) is 11.2 Å². The summed E-state index contributed by atoms with van der Waals surface area (Å²) in [4.78, 5) is 5.52. The molecule has 2 aromatic rings. The Morgan fingerprint density at radius 2 is 1.94 bits per heavy atom. The molecule has 0 radical (unpaired) electrons. The SMILES string of the molecule is CSC(=S)N(c1c[nH]c2ccccc12)C(C)(C)C. The number of anilines is 1. The van der Waals surface area contributed by atoms with Gasteiger partial charge in [-0.05, 0) is 33.1 Å². The molecule has 0 aliphatic rings. The van der Waals surface area contributed by atoms with Crippen LogP contribution in [0.15, 0.2) is 30.5 Å². The molecule has 1 aromatic heterocycles. The molecule has 0 aliphatic carbocycles. The van der Waals surface area contributed by atoms with Gasteiger partial charge >= 0.3 is 0 Å². The zero-order chi connectivity index (χ0) is 13.3. The van der Waals surface area contributed by atoms with Crippen LogP contribution in [0.3, 0.4) is 0 Å². The van der Waals surface area contributed by atoms with Gasteiger partial charge in [-0.15, -0.1) is 0 Å². The van der Waals surface area contributed by atoms with E-state index in [1.807, 2.05) is 18.5 Å². The van der Waals surface area contributed by atoms with E-state index in [1.165, 1.54) is 5.39 Å². The lowest BCUT2D eigenvalue weighted by atomic mass is 10.1. The predicted molar refractivity (Wildman–Crippen MR) is 86.6 cm³/mol. The Bertz CT molecular complexity index is 566. The quantitative estimate of drug-likeness (QED) is 0.779. The topological polar surface area (TPSA) is 19.0 Å². The summed E-state index contributed by atoms with van der Waals surface area (Å²) >= 11 is 7.12.